The van der Waals surface area contributed by atoms with Crippen LogP contribution in [-0.4, -0.2) is 15.6 Å². The second-order valence-corrected chi connectivity index (χ2v) is 6.19. The Kier molecular flexibility index (Phi) is 5.21. The molecule has 1 aliphatic carbocycles. The summed E-state index contributed by atoms with van der Waals surface area (Å²) < 4.78 is 0. The second kappa shape index (κ2) is 7.73. The third kappa shape index (κ3) is 4.41. The minimum absolute atomic E-state index is 0.151. The molecule has 134 valence electrons. The molecule has 8 nitrogen and oxygen atoms in total. The quantitative estimate of drug-likeness (QED) is 0.431. The number of nitrogens with zero attached hydrogens (tertiary/aromatic N) is 3. The Hall–Kier alpha value is -3.29. The first-order chi connectivity index (χ1) is 12.5. The zero-order valence-corrected chi connectivity index (χ0v) is 14.0. The van der Waals surface area contributed by atoms with Gasteiger partial charge >= 0.3 is 5.69 Å². The van der Waals surface area contributed by atoms with Crippen molar-refractivity contribution >= 4 is 22.8 Å². The molecule has 1 saturated carbocycles. The largest absolute Gasteiger partial charge is 0.301 e. The summed E-state index contributed by atoms with van der Waals surface area (Å²) in [6, 6.07) is 13.5. The average molecular weight is 354 g/mol. The smallest absolute Gasteiger partial charge is 0.272 e. The third-order valence-electron chi connectivity index (χ3n) is 4.27. The van der Waals surface area contributed by atoms with E-state index in [1.54, 1.807) is 0 Å². The van der Waals surface area contributed by atoms with Gasteiger partial charge in [0.25, 0.3) is 5.69 Å². The first-order valence-electron chi connectivity index (χ1n) is 8.34. The van der Waals surface area contributed by atoms with Crippen LogP contribution in [0.3, 0.4) is 0 Å². The van der Waals surface area contributed by atoms with Gasteiger partial charge < -0.3 is 0 Å². The molecule has 8 heteroatoms. The van der Waals surface area contributed by atoms with Crippen LogP contribution in [0.4, 0.5) is 17.1 Å². The van der Waals surface area contributed by atoms with E-state index in [1.165, 1.54) is 17.7 Å². The van der Waals surface area contributed by atoms with Crippen LogP contribution < -0.4 is 5.43 Å². The van der Waals surface area contributed by atoms with Crippen LogP contribution in [0.15, 0.2) is 53.6 Å². The van der Waals surface area contributed by atoms with Gasteiger partial charge in [-0.05, 0) is 43.2 Å². The standard InChI is InChI=1S/C18H18N4O4/c23-21(24)15-9-11-17(18(12-15)22(25)26)20-19-16(14-7-8-14)10-6-13-4-2-1-3-5-13/h1-5,9,11-12,14,20H,6-8,10H2/b19-16-. The van der Waals surface area contributed by atoms with E-state index in [0.29, 0.717) is 5.92 Å². The zero-order valence-electron chi connectivity index (χ0n) is 14.0. The van der Waals surface area contributed by atoms with E-state index in [2.05, 4.69) is 22.7 Å². The van der Waals surface area contributed by atoms with E-state index < -0.39 is 9.85 Å². The minimum Gasteiger partial charge on any atom is -0.272 e. The highest BCUT2D eigenvalue weighted by Gasteiger charge is 2.28. The first kappa shape index (κ1) is 17.5. The molecule has 0 spiro atoms. The number of hydrogen-bond donors (Lipinski definition) is 1. The maximum atomic E-state index is 11.2. The van der Waals surface area contributed by atoms with E-state index in [-0.39, 0.29) is 17.1 Å². The average Bonchev–Trinajstić information content (AvgIpc) is 3.47. The molecular formula is C18H18N4O4. The predicted molar refractivity (Wildman–Crippen MR) is 98.3 cm³/mol. The summed E-state index contributed by atoms with van der Waals surface area (Å²) in [5.74, 6) is 0.406. The highest BCUT2D eigenvalue weighted by atomic mass is 16.6. The fourth-order valence-corrected chi connectivity index (χ4v) is 2.70. The zero-order chi connectivity index (χ0) is 18.5. The molecule has 3 rings (SSSR count). The summed E-state index contributed by atoms with van der Waals surface area (Å²) in [5.41, 5.74) is 4.40. The van der Waals surface area contributed by atoms with Crippen LogP contribution in [0.25, 0.3) is 0 Å². The third-order valence-corrected chi connectivity index (χ3v) is 4.27. The lowest BCUT2D eigenvalue weighted by atomic mass is 10.1. The van der Waals surface area contributed by atoms with Crippen LogP contribution in [-0.2, 0) is 6.42 Å². The van der Waals surface area contributed by atoms with Gasteiger partial charge in [-0.1, -0.05) is 30.3 Å². The molecule has 1 aliphatic rings. The summed E-state index contributed by atoms with van der Waals surface area (Å²) >= 11 is 0. The topological polar surface area (TPSA) is 111 Å². The second-order valence-electron chi connectivity index (χ2n) is 6.19. The fourth-order valence-electron chi connectivity index (χ4n) is 2.70. The van der Waals surface area contributed by atoms with Crippen molar-refractivity contribution in [3.05, 3.63) is 74.3 Å². The molecule has 1 fully saturated rings. The van der Waals surface area contributed by atoms with Gasteiger partial charge in [0.15, 0.2) is 0 Å². The first-order valence-corrected chi connectivity index (χ1v) is 8.34. The summed E-state index contributed by atoms with van der Waals surface area (Å²) in [6.07, 6.45) is 3.75. The van der Waals surface area contributed by atoms with Crippen molar-refractivity contribution in [2.45, 2.75) is 25.7 Å². The van der Waals surface area contributed by atoms with Crippen LogP contribution in [0.1, 0.15) is 24.8 Å². The highest BCUT2D eigenvalue weighted by molar-refractivity contribution is 5.89. The van der Waals surface area contributed by atoms with Crippen molar-refractivity contribution in [1.29, 1.82) is 0 Å². The van der Waals surface area contributed by atoms with Gasteiger partial charge in [-0.15, -0.1) is 0 Å². The molecule has 2 aromatic carbocycles. The number of nitrogens with one attached hydrogen (secondary N) is 1. The maximum Gasteiger partial charge on any atom is 0.301 e. The van der Waals surface area contributed by atoms with Crippen LogP contribution >= 0.6 is 0 Å². The molecule has 0 unspecified atom stereocenters. The Bertz CT molecular complexity index is 848. The molecule has 26 heavy (non-hydrogen) atoms. The molecule has 0 aliphatic heterocycles. The van der Waals surface area contributed by atoms with Crippen molar-refractivity contribution in [3.8, 4) is 0 Å². The van der Waals surface area contributed by atoms with Gasteiger partial charge in [-0.2, -0.15) is 5.10 Å². The van der Waals surface area contributed by atoms with E-state index in [1.807, 2.05) is 18.2 Å². The van der Waals surface area contributed by atoms with Gasteiger partial charge in [0.2, 0.25) is 0 Å². The lowest BCUT2D eigenvalue weighted by Crippen LogP contribution is -2.07. The highest BCUT2D eigenvalue weighted by Crippen LogP contribution is 2.33. The van der Waals surface area contributed by atoms with E-state index in [0.717, 1.165) is 37.5 Å². The molecule has 0 heterocycles. The minimum atomic E-state index is -0.657. The summed E-state index contributed by atoms with van der Waals surface area (Å²) in [5, 5.41) is 26.4. The molecule has 0 radical (unpaired) electrons. The van der Waals surface area contributed by atoms with Crippen molar-refractivity contribution in [2.24, 2.45) is 11.0 Å². The molecule has 0 amide bonds. The SMILES string of the molecule is O=[N+]([O-])c1ccc(N/N=C(/CCc2ccccc2)C2CC2)c([N+](=O)[O-])c1. The van der Waals surface area contributed by atoms with Gasteiger partial charge in [0.1, 0.15) is 5.69 Å². The van der Waals surface area contributed by atoms with Crippen molar-refractivity contribution in [3.63, 3.8) is 0 Å². The molecule has 1 N–H and O–H groups in total. The number of rotatable bonds is 8. The number of benzene rings is 2. The molecule has 0 atom stereocenters. The van der Waals surface area contributed by atoms with Crippen molar-refractivity contribution in [1.82, 2.24) is 0 Å². The molecule has 0 saturated heterocycles. The number of nitro groups is 2. The van der Waals surface area contributed by atoms with Crippen molar-refractivity contribution < 1.29 is 9.85 Å². The van der Waals surface area contributed by atoms with E-state index in [9.17, 15) is 20.2 Å². The predicted octanol–water partition coefficient (Wildman–Crippen LogP) is 4.31. The molecular weight excluding hydrogens is 336 g/mol. The Labute approximate surface area is 149 Å². The Morgan fingerprint density at radius 1 is 1.08 bits per heavy atom. The van der Waals surface area contributed by atoms with Gasteiger partial charge in [-0.25, -0.2) is 0 Å². The maximum absolute atomic E-state index is 11.2. The summed E-state index contributed by atoms with van der Waals surface area (Å²) in [7, 11) is 0. The van der Waals surface area contributed by atoms with Crippen LogP contribution in [0, 0.1) is 26.1 Å². The number of nitro benzene ring substituents is 2. The van der Waals surface area contributed by atoms with Crippen molar-refractivity contribution in [2.75, 3.05) is 5.43 Å². The summed E-state index contributed by atoms with van der Waals surface area (Å²) in [6.45, 7) is 0. The Balaban J connectivity index is 1.75. The Morgan fingerprint density at radius 3 is 2.42 bits per heavy atom. The molecule has 0 aromatic heterocycles. The number of anilines is 1. The molecule has 0 bridgehead atoms. The van der Waals surface area contributed by atoms with Crippen LogP contribution in [0.2, 0.25) is 0 Å². The monoisotopic (exact) mass is 354 g/mol. The normalized spacial score (nSPS) is 14.1. The Morgan fingerprint density at radius 2 is 1.81 bits per heavy atom. The van der Waals surface area contributed by atoms with E-state index >= 15 is 0 Å². The lowest BCUT2D eigenvalue weighted by Gasteiger charge is -2.07. The van der Waals surface area contributed by atoms with Crippen LogP contribution in [0.5, 0.6) is 0 Å². The fraction of sp³-hybridized carbons (Fsp3) is 0.278. The summed E-state index contributed by atoms with van der Waals surface area (Å²) in [4.78, 5) is 20.7. The van der Waals surface area contributed by atoms with E-state index in [4.69, 9.17) is 0 Å². The lowest BCUT2D eigenvalue weighted by molar-refractivity contribution is -0.393. The number of non-ortho nitro benzene ring substituents is 1. The van der Waals surface area contributed by atoms with Gasteiger partial charge in [0.05, 0.1) is 15.9 Å². The van der Waals surface area contributed by atoms with Gasteiger partial charge in [-0.3, -0.25) is 25.7 Å². The molecule has 2 aromatic rings. The number of hydrazone groups is 1. The number of aryl methyl sites for hydroxylation is 1. The van der Waals surface area contributed by atoms with Gasteiger partial charge in [0, 0.05) is 11.8 Å². The number of hydrogen-bond acceptors (Lipinski definition) is 6.